The zero-order chi connectivity index (χ0) is 18.6. The van der Waals surface area contributed by atoms with E-state index < -0.39 is 0 Å². The SMILES string of the molecule is Nc1nc2c(ncn2CC2CCCCC2COCc2ccccc2)c(=O)[nH]1. The maximum Gasteiger partial charge on any atom is 0.280 e. The molecule has 0 aliphatic heterocycles. The number of H-pyrrole nitrogens is 1. The van der Waals surface area contributed by atoms with Gasteiger partial charge in [0, 0.05) is 6.54 Å². The number of nitrogen functional groups attached to an aromatic ring is 1. The molecule has 0 bridgehead atoms. The van der Waals surface area contributed by atoms with Gasteiger partial charge in [-0.1, -0.05) is 43.2 Å². The van der Waals surface area contributed by atoms with E-state index in [0.717, 1.165) is 19.6 Å². The number of anilines is 1. The fourth-order valence-corrected chi connectivity index (χ4v) is 4.00. The molecule has 2 heterocycles. The van der Waals surface area contributed by atoms with Crippen molar-refractivity contribution in [1.82, 2.24) is 19.5 Å². The summed E-state index contributed by atoms with van der Waals surface area (Å²) in [6.45, 7) is 2.18. The molecule has 27 heavy (non-hydrogen) atoms. The first-order valence-electron chi connectivity index (χ1n) is 9.53. The van der Waals surface area contributed by atoms with Crippen LogP contribution in [0.4, 0.5) is 5.95 Å². The molecule has 0 amide bonds. The molecule has 1 saturated carbocycles. The molecule has 7 nitrogen and oxygen atoms in total. The van der Waals surface area contributed by atoms with Crippen molar-refractivity contribution in [2.24, 2.45) is 11.8 Å². The van der Waals surface area contributed by atoms with E-state index in [1.807, 2.05) is 22.8 Å². The molecule has 0 saturated heterocycles. The Bertz CT molecular complexity index is 950. The topological polar surface area (TPSA) is 98.8 Å². The number of rotatable bonds is 6. The number of aromatic amines is 1. The molecule has 2 unspecified atom stereocenters. The minimum absolute atomic E-state index is 0.126. The van der Waals surface area contributed by atoms with Gasteiger partial charge in [0.15, 0.2) is 11.2 Å². The molecule has 1 aliphatic carbocycles. The minimum Gasteiger partial charge on any atom is -0.376 e. The average Bonchev–Trinajstić information content (AvgIpc) is 3.07. The Hall–Kier alpha value is -2.67. The Morgan fingerprint density at radius 2 is 1.96 bits per heavy atom. The van der Waals surface area contributed by atoms with Crippen molar-refractivity contribution in [1.29, 1.82) is 0 Å². The van der Waals surface area contributed by atoms with E-state index in [0.29, 0.717) is 29.6 Å². The van der Waals surface area contributed by atoms with E-state index in [1.54, 1.807) is 6.33 Å². The van der Waals surface area contributed by atoms with E-state index in [2.05, 4.69) is 27.1 Å². The predicted molar refractivity (Wildman–Crippen MR) is 104 cm³/mol. The third-order valence-corrected chi connectivity index (χ3v) is 5.43. The lowest BCUT2D eigenvalue weighted by Crippen LogP contribution is -2.27. The third kappa shape index (κ3) is 4.03. The van der Waals surface area contributed by atoms with Crippen LogP contribution in [-0.4, -0.2) is 26.1 Å². The highest BCUT2D eigenvalue weighted by atomic mass is 16.5. The number of nitrogens with one attached hydrogen (secondary N) is 1. The molecular weight excluding hydrogens is 342 g/mol. The summed E-state index contributed by atoms with van der Waals surface area (Å²) in [6.07, 6.45) is 6.48. The van der Waals surface area contributed by atoms with E-state index in [-0.39, 0.29) is 11.5 Å². The van der Waals surface area contributed by atoms with Crippen molar-refractivity contribution in [2.45, 2.75) is 38.8 Å². The monoisotopic (exact) mass is 367 g/mol. The van der Waals surface area contributed by atoms with Gasteiger partial charge >= 0.3 is 0 Å². The largest absolute Gasteiger partial charge is 0.376 e. The van der Waals surface area contributed by atoms with Gasteiger partial charge in [-0.2, -0.15) is 4.98 Å². The van der Waals surface area contributed by atoms with Gasteiger partial charge in [-0.25, -0.2) is 4.98 Å². The van der Waals surface area contributed by atoms with E-state index in [4.69, 9.17) is 10.5 Å². The van der Waals surface area contributed by atoms with Crippen molar-refractivity contribution in [3.63, 3.8) is 0 Å². The number of imidazole rings is 1. The van der Waals surface area contributed by atoms with Crippen LogP contribution in [-0.2, 0) is 17.9 Å². The van der Waals surface area contributed by atoms with Crippen molar-refractivity contribution in [3.05, 3.63) is 52.6 Å². The molecule has 3 N–H and O–H groups in total. The van der Waals surface area contributed by atoms with Crippen molar-refractivity contribution >= 4 is 17.1 Å². The van der Waals surface area contributed by atoms with Gasteiger partial charge in [-0.3, -0.25) is 9.78 Å². The van der Waals surface area contributed by atoms with Crippen LogP contribution in [0.1, 0.15) is 31.2 Å². The molecule has 1 fully saturated rings. The molecule has 4 rings (SSSR count). The number of nitrogens with two attached hydrogens (primary N) is 1. The summed E-state index contributed by atoms with van der Waals surface area (Å²) in [5, 5.41) is 0. The first-order valence-corrected chi connectivity index (χ1v) is 9.53. The van der Waals surface area contributed by atoms with Crippen molar-refractivity contribution in [3.8, 4) is 0 Å². The average molecular weight is 367 g/mol. The molecule has 142 valence electrons. The molecule has 0 spiro atoms. The van der Waals surface area contributed by atoms with Gasteiger partial charge in [0.2, 0.25) is 5.95 Å². The number of nitrogens with zero attached hydrogens (tertiary/aromatic N) is 3. The summed E-state index contributed by atoms with van der Waals surface area (Å²) in [7, 11) is 0. The number of fused-ring (bicyclic) bond motifs is 1. The predicted octanol–water partition coefficient (Wildman–Crippen LogP) is 2.73. The number of ether oxygens (including phenoxy) is 1. The molecule has 1 aliphatic rings. The summed E-state index contributed by atoms with van der Waals surface area (Å²) in [6, 6.07) is 10.3. The zero-order valence-electron chi connectivity index (χ0n) is 15.3. The summed E-state index contributed by atoms with van der Waals surface area (Å²) >= 11 is 0. The minimum atomic E-state index is -0.289. The summed E-state index contributed by atoms with van der Waals surface area (Å²) < 4.78 is 7.98. The number of aromatic nitrogens is 4. The second-order valence-electron chi connectivity index (χ2n) is 7.33. The first-order chi connectivity index (χ1) is 13.2. The highest BCUT2D eigenvalue weighted by Gasteiger charge is 2.26. The number of benzene rings is 1. The van der Waals surface area contributed by atoms with Gasteiger partial charge in [-0.05, 0) is 30.2 Å². The number of hydrogen-bond donors (Lipinski definition) is 2. The molecule has 2 aromatic heterocycles. The van der Waals surface area contributed by atoms with E-state index >= 15 is 0 Å². The lowest BCUT2D eigenvalue weighted by atomic mass is 9.79. The lowest BCUT2D eigenvalue weighted by molar-refractivity contribution is 0.0449. The molecule has 1 aromatic carbocycles. The quantitative estimate of drug-likeness (QED) is 0.698. The van der Waals surface area contributed by atoms with Gasteiger partial charge in [-0.15, -0.1) is 0 Å². The molecular formula is C20H25N5O2. The second kappa shape index (κ2) is 7.92. The highest BCUT2D eigenvalue weighted by Crippen LogP contribution is 2.32. The third-order valence-electron chi connectivity index (χ3n) is 5.43. The zero-order valence-corrected chi connectivity index (χ0v) is 15.3. The Labute approximate surface area is 157 Å². The lowest BCUT2D eigenvalue weighted by Gasteiger charge is -2.31. The van der Waals surface area contributed by atoms with Crippen LogP contribution in [0.15, 0.2) is 41.5 Å². The van der Waals surface area contributed by atoms with Crippen LogP contribution in [0.25, 0.3) is 11.2 Å². The summed E-state index contributed by atoms with van der Waals surface area (Å²) in [5.41, 5.74) is 7.52. The maximum absolute atomic E-state index is 12.0. The normalized spacial score (nSPS) is 20.1. The van der Waals surface area contributed by atoms with Crippen LogP contribution in [0, 0.1) is 11.8 Å². The standard InChI is InChI=1S/C20H25N5O2/c21-20-23-18-17(19(26)24-20)22-13-25(18)10-15-8-4-5-9-16(15)12-27-11-14-6-2-1-3-7-14/h1-3,6-7,13,15-16H,4-5,8-12H2,(H3,21,23,24,26). The van der Waals surface area contributed by atoms with Gasteiger partial charge < -0.3 is 15.0 Å². The molecule has 3 aromatic rings. The van der Waals surface area contributed by atoms with Crippen LogP contribution in [0.5, 0.6) is 0 Å². The molecule has 2 atom stereocenters. The Morgan fingerprint density at radius 1 is 1.19 bits per heavy atom. The Morgan fingerprint density at radius 3 is 2.78 bits per heavy atom. The van der Waals surface area contributed by atoms with Crippen molar-refractivity contribution in [2.75, 3.05) is 12.3 Å². The number of hydrogen-bond acceptors (Lipinski definition) is 5. The van der Waals surface area contributed by atoms with Crippen LogP contribution < -0.4 is 11.3 Å². The van der Waals surface area contributed by atoms with Crippen LogP contribution in [0.3, 0.4) is 0 Å². The van der Waals surface area contributed by atoms with Gasteiger partial charge in [0.05, 0.1) is 19.5 Å². The summed E-state index contributed by atoms with van der Waals surface area (Å²) in [4.78, 5) is 23.0. The maximum atomic E-state index is 12.0. The first kappa shape index (κ1) is 17.7. The smallest absolute Gasteiger partial charge is 0.280 e. The van der Waals surface area contributed by atoms with Crippen LogP contribution >= 0.6 is 0 Å². The van der Waals surface area contributed by atoms with Crippen molar-refractivity contribution < 1.29 is 4.74 Å². The van der Waals surface area contributed by atoms with Crippen LogP contribution in [0.2, 0.25) is 0 Å². The fraction of sp³-hybridized carbons (Fsp3) is 0.450. The van der Waals surface area contributed by atoms with Gasteiger partial charge in [0.25, 0.3) is 5.56 Å². The Kier molecular flexibility index (Phi) is 5.20. The van der Waals surface area contributed by atoms with Gasteiger partial charge in [0.1, 0.15) is 0 Å². The summed E-state index contributed by atoms with van der Waals surface area (Å²) in [5.74, 6) is 1.11. The molecule has 7 heteroatoms. The second-order valence-corrected chi connectivity index (χ2v) is 7.33. The fourth-order valence-electron chi connectivity index (χ4n) is 4.00. The molecule has 0 radical (unpaired) electrons. The van der Waals surface area contributed by atoms with E-state index in [9.17, 15) is 4.79 Å². The van der Waals surface area contributed by atoms with E-state index in [1.165, 1.54) is 24.8 Å². The Balaban J connectivity index is 1.44. The highest BCUT2D eigenvalue weighted by molar-refractivity contribution is 5.70.